The van der Waals surface area contributed by atoms with Crippen molar-refractivity contribution in [3.8, 4) is 17.0 Å². The number of alkyl halides is 3. The molecule has 1 atom stereocenters. The Morgan fingerprint density at radius 3 is 2.41 bits per heavy atom. The average molecular weight is 753 g/mol. The predicted octanol–water partition coefficient (Wildman–Crippen LogP) is 5.59. The van der Waals surface area contributed by atoms with E-state index in [9.17, 15) is 18.0 Å². The van der Waals surface area contributed by atoms with Gasteiger partial charge < -0.3 is 43.3 Å². The van der Waals surface area contributed by atoms with Gasteiger partial charge in [-0.3, -0.25) is 4.79 Å². The number of ether oxygens (including phenoxy) is 4. The molecule has 1 aromatic carbocycles. The Bertz CT molecular complexity index is 2090. The second-order valence-electron chi connectivity index (χ2n) is 13.5. The summed E-state index contributed by atoms with van der Waals surface area (Å²) in [5, 5.41) is 7.57. The number of nitrogens with one attached hydrogen (secondary N) is 1. The lowest BCUT2D eigenvalue weighted by atomic mass is 9.90. The standard InChI is InChI=1S/C22H27N3O5.C15H12F3N3O.CH4O/c1-15-22(13-28-14-22)29-9-6-25(15)19-10-17(12-24-21(19)26)16-2-3-20(23-11-16)30-18-4-7-27-8-5-18;16-15(17,18)14-19-11-9-5-1-2-6-10(9)22-12(11)13(20-14)21-7-3-4-8-21;1-2/h2-3,10-12,15,18H,4-9,13-14H2,1H3,(H,24,26);1-2,5-6H,3-4,7-8H2;2H,1H3. The van der Waals surface area contributed by atoms with Crippen molar-refractivity contribution in [3.63, 3.8) is 0 Å². The fourth-order valence-corrected chi connectivity index (χ4v) is 7.19. The topological polar surface area (TPSA) is 148 Å². The zero-order valence-electron chi connectivity index (χ0n) is 30.1. The summed E-state index contributed by atoms with van der Waals surface area (Å²) in [6, 6.07) is 12.8. The number of para-hydroxylation sites is 1. The van der Waals surface area contributed by atoms with E-state index in [2.05, 4.69) is 31.8 Å². The minimum absolute atomic E-state index is 0.0599. The molecule has 0 radical (unpaired) electrons. The van der Waals surface area contributed by atoms with Crippen LogP contribution >= 0.6 is 0 Å². The fourth-order valence-electron chi connectivity index (χ4n) is 7.19. The van der Waals surface area contributed by atoms with Crippen LogP contribution < -0.4 is 20.1 Å². The number of halogens is 3. The Morgan fingerprint density at radius 2 is 1.72 bits per heavy atom. The number of H-pyrrole nitrogens is 1. The van der Waals surface area contributed by atoms with Gasteiger partial charge in [-0.2, -0.15) is 13.2 Å². The first kappa shape index (κ1) is 37.5. The van der Waals surface area contributed by atoms with Gasteiger partial charge in [-0.25, -0.2) is 15.0 Å². The molecule has 0 amide bonds. The number of aromatic nitrogens is 4. The molecule has 2 N–H and O–H groups in total. The Morgan fingerprint density at radius 1 is 0.963 bits per heavy atom. The molecule has 4 aliphatic heterocycles. The quantitative estimate of drug-likeness (QED) is 0.231. The van der Waals surface area contributed by atoms with Crippen LogP contribution in [0.3, 0.4) is 0 Å². The van der Waals surface area contributed by atoms with E-state index in [1.54, 1.807) is 36.7 Å². The van der Waals surface area contributed by atoms with Crippen molar-refractivity contribution in [3.05, 3.63) is 71.0 Å². The van der Waals surface area contributed by atoms with Gasteiger partial charge in [0.15, 0.2) is 11.4 Å². The van der Waals surface area contributed by atoms with E-state index < -0.39 is 12.0 Å². The van der Waals surface area contributed by atoms with Gasteiger partial charge >= 0.3 is 6.18 Å². The smallest absolute Gasteiger partial charge is 0.451 e. The molecule has 4 fully saturated rings. The summed E-state index contributed by atoms with van der Waals surface area (Å²) in [5.41, 5.74) is 3.14. The van der Waals surface area contributed by atoms with Gasteiger partial charge in [0.1, 0.15) is 28.5 Å². The number of hydrogen-bond acceptors (Lipinski definition) is 12. The fraction of sp³-hybridized carbons (Fsp3) is 0.474. The molecule has 1 unspecified atom stereocenters. The first-order chi connectivity index (χ1) is 26.2. The van der Waals surface area contributed by atoms with E-state index in [0.29, 0.717) is 67.6 Å². The number of benzene rings is 1. The van der Waals surface area contributed by atoms with Crippen LogP contribution in [0.4, 0.5) is 24.7 Å². The number of fused-ring (bicyclic) bond motifs is 3. The molecule has 9 rings (SSSR count). The van der Waals surface area contributed by atoms with Crippen molar-refractivity contribution < 1.29 is 41.6 Å². The molecule has 0 aliphatic carbocycles. The number of pyridine rings is 2. The normalized spacial score (nSPS) is 19.9. The second kappa shape index (κ2) is 15.9. The van der Waals surface area contributed by atoms with Crippen LogP contribution in [0, 0.1) is 0 Å². The highest BCUT2D eigenvalue weighted by Gasteiger charge is 2.50. The zero-order chi connectivity index (χ0) is 37.9. The summed E-state index contributed by atoms with van der Waals surface area (Å²) in [4.78, 5) is 31.4. The van der Waals surface area contributed by atoms with Gasteiger partial charge in [0.25, 0.3) is 5.56 Å². The number of rotatable bonds is 5. The highest BCUT2D eigenvalue weighted by molar-refractivity contribution is 6.05. The molecule has 4 saturated heterocycles. The van der Waals surface area contributed by atoms with Gasteiger partial charge in [0.2, 0.25) is 11.7 Å². The van der Waals surface area contributed by atoms with Crippen LogP contribution in [0.1, 0.15) is 38.4 Å². The molecule has 8 heterocycles. The summed E-state index contributed by atoms with van der Waals surface area (Å²) in [6.07, 6.45) is 2.74. The zero-order valence-corrected chi connectivity index (χ0v) is 30.1. The van der Waals surface area contributed by atoms with Gasteiger partial charge in [-0.15, -0.1) is 0 Å². The number of morpholine rings is 1. The van der Waals surface area contributed by atoms with Crippen LogP contribution in [0.5, 0.6) is 5.88 Å². The number of aliphatic hydroxyl groups excluding tert-OH is 1. The third-order valence-corrected chi connectivity index (χ3v) is 10.2. The molecule has 13 nitrogen and oxygen atoms in total. The molecule has 5 aromatic rings. The highest BCUT2D eigenvalue weighted by atomic mass is 19.4. The molecule has 54 heavy (non-hydrogen) atoms. The van der Waals surface area contributed by atoms with Crippen molar-refractivity contribution in [1.29, 1.82) is 0 Å². The maximum atomic E-state index is 13.1. The predicted molar refractivity (Wildman–Crippen MR) is 195 cm³/mol. The summed E-state index contributed by atoms with van der Waals surface area (Å²) in [7, 11) is 1.00. The van der Waals surface area contributed by atoms with Crippen LogP contribution in [0.2, 0.25) is 0 Å². The van der Waals surface area contributed by atoms with Crippen molar-refractivity contribution >= 4 is 33.6 Å². The Labute approximate surface area is 309 Å². The van der Waals surface area contributed by atoms with Crippen molar-refractivity contribution in [1.82, 2.24) is 19.9 Å². The summed E-state index contributed by atoms with van der Waals surface area (Å²) < 4.78 is 67.8. The van der Waals surface area contributed by atoms with Gasteiger partial charge in [0.05, 0.1) is 39.1 Å². The molecule has 1 spiro atoms. The average Bonchev–Trinajstić information content (AvgIpc) is 3.85. The Hall–Kier alpha value is -4.77. The van der Waals surface area contributed by atoms with Gasteiger partial charge in [-0.1, -0.05) is 12.1 Å². The monoisotopic (exact) mass is 752 g/mol. The number of aromatic amines is 1. The van der Waals surface area contributed by atoms with Crippen LogP contribution in [-0.4, -0.2) is 103 Å². The number of furan rings is 1. The molecule has 0 saturated carbocycles. The third kappa shape index (κ3) is 7.60. The Balaban J connectivity index is 0.000000166. The third-order valence-electron chi connectivity index (χ3n) is 10.2. The van der Waals surface area contributed by atoms with Crippen molar-refractivity contribution in [2.75, 3.05) is 69.6 Å². The number of aliphatic hydroxyl groups is 1. The van der Waals surface area contributed by atoms with E-state index in [1.807, 2.05) is 23.1 Å². The van der Waals surface area contributed by atoms with Crippen molar-refractivity contribution in [2.24, 2.45) is 0 Å². The molecule has 4 aromatic heterocycles. The summed E-state index contributed by atoms with van der Waals surface area (Å²) in [5.74, 6) is -0.261. The summed E-state index contributed by atoms with van der Waals surface area (Å²) >= 11 is 0. The van der Waals surface area contributed by atoms with Crippen LogP contribution in [-0.2, 0) is 20.4 Å². The minimum Gasteiger partial charge on any atom is -0.474 e. The first-order valence-electron chi connectivity index (χ1n) is 18.1. The SMILES string of the molecule is CC1N(c2cc(-c3ccc(OC4CCOCC4)nc3)c[nH]c2=O)CCOC12COC2.CO.FC(F)(F)c1nc(N2CCCC2)c2oc3ccccc3c2n1. The van der Waals surface area contributed by atoms with Crippen molar-refractivity contribution in [2.45, 2.75) is 56.5 Å². The van der Waals surface area contributed by atoms with E-state index in [1.165, 1.54) is 0 Å². The largest absolute Gasteiger partial charge is 0.474 e. The molecular formula is C38H43F3N6O7. The van der Waals surface area contributed by atoms with Gasteiger partial charge in [0, 0.05) is 74.6 Å². The maximum Gasteiger partial charge on any atom is 0.451 e. The maximum absolute atomic E-state index is 13.1. The second-order valence-corrected chi connectivity index (χ2v) is 13.5. The van der Waals surface area contributed by atoms with E-state index >= 15 is 0 Å². The lowest BCUT2D eigenvalue weighted by molar-refractivity contribution is -0.228. The molecule has 0 bridgehead atoms. The van der Waals surface area contributed by atoms with Crippen LogP contribution in [0.15, 0.2) is 64.1 Å². The van der Waals surface area contributed by atoms with Gasteiger partial charge in [-0.05, 0) is 44.0 Å². The number of anilines is 2. The lowest BCUT2D eigenvalue weighted by Gasteiger charge is -2.53. The molecule has 16 heteroatoms. The highest BCUT2D eigenvalue weighted by Crippen LogP contribution is 2.38. The molecular weight excluding hydrogens is 709 g/mol. The van der Waals surface area contributed by atoms with E-state index in [4.69, 9.17) is 28.5 Å². The number of nitrogens with zero attached hydrogens (tertiary/aromatic N) is 5. The lowest BCUT2D eigenvalue weighted by Crippen LogP contribution is -2.68. The number of hydrogen-bond donors (Lipinski definition) is 2. The first-order valence-corrected chi connectivity index (χ1v) is 18.1. The summed E-state index contributed by atoms with van der Waals surface area (Å²) in [6.45, 7) is 7.32. The molecule has 4 aliphatic rings. The van der Waals surface area contributed by atoms with E-state index in [-0.39, 0.29) is 34.6 Å². The minimum atomic E-state index is -4.58. The Kier molecular flexibility index (Phi) is 11.1. The van der Waals surface area contributed by atoms with E-state index in [0.717, 1.165) is 57.1 Å². The molecule has 288 valence electrons. The van der Waals surface area contributed by atoms with Crippen LogP contribution in [0.25, 0.3) is 33.2 Å².